The molecule has 23 heavy (non-hydrogen) atoms. The highest BCUT2D eigenvalue weighted by atomic mass is 16.6. The first-order valence-corrected chi connectivity index (χ1v) is 7.28. The quantitative estimate of drug-likeness (QED) is 0.468. The molecule has 0 aliphatic carbocycles. The van der Waals surface area contributed by atoms with Crippen molar-refractivity contribution in [1.82, 2.24) is 0 Å². The number of anilines is 1. The summed E-state index contributed by atoms with van der Waals surface area (Å²) in [5.41, 5.74) is 0.307. The van der Waals surface area contributed by atoms with Crippen molar-refractivity contribution in [2.24, 2.45) is 5.92 Å². The van der Waals surface area contributed by atoms with Crippen molar-refractivity contribution in [3.05, 3.63) is 29.8 Å². The van der Waals surface area contributed by atoms with Gasteiger partial charge in [-0.05, 0) is 18.1 Å². The van der Waals surface area contributed by atoms with Gasteiger partial charge in [-0.2, -0.15) is 0 Å². The molecule has 0 bridgehead atoms. The molecule has 0 aromatic heterocycles. The minimum atomic E-state index is -1.11. The molecular formula is C16H17NO6. The first-order valence-electron chi connectivity index (χ1n) is 7.28. The summed E-state index contributed by atoms with van der Waals surface area (Å²) in [6.07, 6.45) is -1.14. The van der Waals surface area contributed by atoms with Gasteiger partial charge in [0.1, 0.15) is 0 Å². The predicted molar refractivity (Wildman–Crippen MR) is 78.7 cm³/mol. The molecule has 2 heterocycles. The summed E-state index contributed by atoms with van der Waals surface area (Å²) in [7, 11) is 2.48. The Morgan fingerprint density at radius 2 is 1.96 bits per heavy atom. The number of hydrogen-bond acceptors (Lipinski definition) is 6. The Morgan fingerprint density at radius 1 is 1.26 bits per heavy atom. The lowest BCUT2D eigenvalue weighted by Gasteiger charge is -2.30. The van der Waals surface area contributed by atoms with E-state index in [2.05, 4.69) is 0 Å². The van der Waals surface area contributed by atoms with Crippen LogP contribution >= 0.6 is 0 Å². The lowest BCUT2D eigenvalue weighted by Crippen LogP contribution is -2.48. The van der Waals surface area contributed by atoms with E-state index in [0.717, 1.165) is 0 Å². The van der Waals surface area contributed by atoms with Crippen LogP contribution in [0.1, 0.15) is 18.9 Å². The van der Waals surface area contributed by atoms with E-state index >= 15 is 0 Å². The molecule has 1 aromatic rings. The summed E-state index contributed by atoms with van der Waals surface area (Å²) < 4.78 is 15.0. The third-order valence-electron chi connectivity index (χ3n) is 4.71. The minimum absolute atomic E-state index is 0.424. The summed E-state index contributed by atoms with van der Waals surface area (Å²) in [6.45, 7) is 1.85. The number of ether oxygens (including phenoxy) is 3. The smallest absolute Gasteiger partial charge is 0.417 e. The van der Waals surface area contributed by atoms with Crippen LogP contribution in [0.5, 0.6) is 0 Å². The summed E-state index contributed by atoms with van der Waals surface area (Å²) in [5, 5.41) is 0. The maximum atomic E-state index is 12.3. The Bertz CT molecular complexity index is 687. The molecule has 1 aromatic carbocycles. The Hall–Kier alpha value is -2.57. The highest BCUT2D eigenvalue weighted by Gasteiger charge is 2.68. The first-order chi connectivity index (χ1) is 11.0. The molecule has 3 atom stereocenters. The zero-order valence-electron chi connectivity index (χ0n) is 13.1. The number of fused-ring (bicyclic) bond motifs is 3. The molecular weight excluding hydrogens is 302 g/mol. The minimum Gasteiger partial charge on any atom is -0.468 e. The lowest BCUT2D eigenvalue weighted by atomic mass is 9.70. The zero-order chi connectivity index (χ0) is 16.8. The molecule has 0 radical (unpaired) electrons. The van der Waals surface area contributed by atoms with E-state index in [1.54, 1.807) is 24.3 Å². The monoisotopic (exact) mass is 319 g/mol. The fraction of sp³-hybridized carbons (Fsp3) is 0.438. The fourth-order valence-electron chi connectivity index (χ4n) is 3.70. The van der Waals surface area contributed by atoms with Gasteiger partial charge in [0.25, 0.3) is 0 Å². The van der Waals surface area contributed by atoms with Crippen molar-refractivity contribution in [2.75, 3.05) is 19.1 Å². The van der Waals surface area contributed by atoms with Gasteiger partial charge in [-0.1, -0.05) is 25.1 Å². The lowest BCUT2D eigenvalue weighted by molar-refractivity contribution is -0.155. The number of hydrogen-bond donors (Lipinski definition) is 0. The normalized spacial score (nSPS) is 28.0. The third kappa shape index (κ3) is 1.79. The van der Waals surface area contributed by atoms with Gasteiger partial charge in [-0.25, -0.2) is 9.69 Å². The number of esters is 2. The second-order valence-corrected chi connectivity index (χ2v) is 5.50. The number of para-hydroxylation sites is 1. The average molecular weight is 319 g/mol. The van der Waals surface area contributed by atoms with Crippen LogP contribution in [0.3, 0.4) is 0 Å². The summed E-state index contributed by atoms with van der Waals surface area (Å²) in [4.78, 5) is 38.1. The van der Waals surface area contributed by atoms with E-state index < -0.39 is 35.6 Å². The maximum Gasteiger partial charge on any atom is 0.417 e. The van der Waals surface area contributed by atoms with Crippen molar-refractivity contribution in [3.8, 4) is 0 Å². The van der Waals surface area contributed by atoms with Crippen LogP contribution in [-0.4, -0.2) is 38.5 Å². The van der Waals surface area contributed by atoms with Crippen molar-refractivity contribution >= 4 is 23.7 Å². The SMILES string of the molecule is CC[C@]12c3ccccc3N(C(=O)OC)[C@H]1OC(=O)[C@@H]2C(=O)OC. The van der Waals surface area contributed by atoms with Gasteiger partial charge in [0.2, 0.25) is 0 Å². The van der Waals surface area contributed by atoms with Gasteiger partial charge in [-0.15, -0.1) is 0 Å². The number of rotatable bonds is 2. The van der Waals surface area contributed by atoms with E-state index in [0.29, 0.717) is 17.7 Å². The van der Waals surface area contributed by atoms with Gasteiger partial charge < -0.3 is 14.2 Å². The van der Waals surface area contributed by atoms with Crippen LogP contribution in [0.2, 0.25) is 0 Å². The Kier molecular flexibility index (Phi) is 3.50. The first kappa shape index (κ1) is 15.3. The summed E-state index contributed by atoms with van der Waals surface area (Å²) in [6, 6.07) is 7.11. The Balaban J connectivity index is 2.25. The molecule has 0 unspecified atom stereocenters. The topological polar surface area (TPSA) is 82.1 Å². The van der Waals surface area contributed by atoms with E-state index in [4.69, 9.17) is 14.2 Å². The van der Waals surface area contributed by atoms with E-state index in [9.17, 15) is 14.4 Å². The van der Waals surface area contributed by atoms with Gasteiger partial charge in [0.15, 0.2) is 12.1 Å². The number of carbonyl (C=O) groups excluding carboxylic acids is 3. The van der Waals surface area contributed by atoms with Gasteiger partial charge >= 0.3 is 18.0 Å². The summed E-state index contributed by atoms with van der Waals surface area (Å²) in [5.74, 6) is -2.47. The number of benzene rings is 1. The molecule has 7 heteroatoms. The third-order valence-corrected chi connectivity index (χ3v) is 4.71. The van der Waals surface area contributed by atoms with Crippen LogP contribution in [0.15, 0.2) is 24.3 Å². The molecule has 1 saturated heterocycles. The Morgan fingerprint density at radius 3 is 2.57 bits per heavy atom. The molecule has 2 aliphatic rings. The van der Waals surface area contributed by atoms with Crippen LogP contribution in [0, 0.1) is 5.92 Å². The molecule has 0 spiro atoms. The molecule has 1 fully saturated rings. The average Bonchev–Trinajstić information content (AvgIpc) is 3.01. The van der Waals surface area contributed by atoms with Crippen LogP contribution in [-0.2, 0) is 29.2 Å². The highest BCUT2D eigenvalue weighted by molar-refractivity contribution is 6.03. The van der Waals surface area contributed by atoms with Crippen LogP contribution in [0.25, 0.3) is 0 Å². The van der Waals surface area contributed by atoms with E-state index in [1.165, 1.54) is 19.1 Å². The van der Waals surface area contributed by atoms with E-state index in [1.807, 2.05) is 6.92 Å². The molecule has 2 aliphatic heterocycles. The molecule has 7 nitrogen and oxygen atoms in total. The van der Waals surface area contributed by atoms with Crippen molar-refractivity contribution in [1.29, 1.82) is 0 Å². The Labute approximate surface area is 133 Å². The molecule has 1 amide bonds. The zero-order valence-corrected chi connectivity index (χ0v) is 13.1. The van der Waals surface area contributed by atoms with E-state index in [-0.39, 0.29) is 0 Å². The standard InChI is InChI=1S/C16H17NO6/c1-4-16-9-7-5-6-8-10(9)17(15(20)22-3)14(16)23-13(19)11(16)12(18)21-2/h5-8,11,14H,4H2,1-3H3/t11-,14-,16+/m0/s1. The summed E-state index contributed by atoms with van der Waals surface area (Å²) >= 11 is 0. The van der Waals surface area contributed by atoms with Gasteiger partial charge in [0, 0.05) is 0 Å². The number of amides is 1. The van der Waals surface area contributed by atoms with Crippen molar-refractivity contribution < 1.29 is 28.6 Å². The molecule has 0 saturated carbocycles. The largest absolute Gasteiger partial charge is 0.468 e. The number of nitrogens with zero attached hydrogens (tertiary/aromatic N) is 1. The number of methoxy groups -OCH3 is 2. The number of carbonyl (C=O) groups is 3. The van der Waals surface area contributed by atoms with Gasteiger partial charge in [-0.3, -0.25) is 9.59 Å². The molecule has 0 N–H and O–H groups in total. The highest BCUT2D eigenvalue weighted by Crippen LogP contribution is 2.56. The maximum absolute atomic E-state index is 12.3. The second-order valence-electron chi connectivity index (χ2n) is 5.50. The predicted octanol–water partition coefficient (Wildman–Crippen LogP) is 1.59. The van der Waals surface area contributed by atoms with Crippen molar-refractivity contribution in [2.45, 2.75) is 25.0 Å². The van der Waals surface area contributed by atoms with Crippen LogP contribution in [0.4, 0.5) is 10.5 Å². The second kappa shape index (κ2) is 5.26. The fourth-order valence-corrected chi connectivity index (χ4v) is 3.70. The molecule has 3 rings (SSSR count). The van der Waals surface area contributed by atoms with Crippen molar-refractivity contribution in [3.63, 3.8) is 0 Å². The van der Waals surface area contributed by atoms with Crippen LogP contribution < -0.4 is 4.90 Å². The molecule has 122 valence electrons. The van der Waals surface area contributed by atoms with Gasteiger partial charge in [0.05, 0.1) is 25.3 Å².